The van der Waals surface area contributed by atoms with E-state index in [-0.39, 0.29) is 0 Å². The van der Waals surface area contributed by atoms with E-state index in [1.165, 1.54) is 70.6 Å². The zero-order valence-electron chi connectivity index (χ0n) is 14.3. The molecule has 0 heterocycles. The van der Waals surface area contributed by atoms with Crippen LogP contribution in [0.2, 0.25) is 0 Å². The van der Waals surface area contributed by atoms with Crippen molar-refractivity contribution in [2.24, 2.45) is 5.92 Å². The van der Waals surface area contributed by atoms with E-state index >= 15 is 0 Å². The van der Waals surface area contributed by atoms with Gasteiger partial charge in [-0.3, -0.25) is 4.79 Å². The average molecular weight is 296 g/mol. The molecular weight excluding hydrogens is 260 g/mol. The van der Waals surface area contributed by atoms with Crippen LogP contribution in [0.25, 0.3) is 0 Å². The lowest BCUT2D eigenvalue weighted by atomic mass is 9.98. The van der Waals surface area contributed by atoms with Crippen LogP contribution >= 0.6 is 0 Å². The second-order valence-electron chi connectivity index (χ2n) is 6.35. The third-order valence-electron chi connectivity index (χ3n) is 4.06. The van der Waals surface area contributed by atoms with Crippen LogP contribution < -0.4 is 0 Å². The molecule has 0 saturated carbocycles. The van der Waals surface area contributed by atoms with E-state index in [1.807, 2.05) is 0 Å². The van der Waals surface area contributed by atoms with E-state index in [4.69, 9.17) is 5.11 Å². The van der Waals surface area contributed by atoms with Crippen LogP contribution in [0.5, 0.6) is 0 Å². The topological polar surface area (TPSA) is 37.3 Å². The summed E-state index contributed by atoms with van der Waals surface area (Å²) in [4.78, 5) is 10.5. The maximum absolute atomic E-state index is 10.5. The van der Waals surface area contributed by atoms with Gasteiger partial charge in [0, 0.05) is 6.42 Å². The van der Waals surface area contributed by atoms with E-state index < -0.39 is 5.97 Å². The molecule has 0 bridgehead atoms. The molecule has 0 saturated heterocycles. The highest BCUT2D eigenvalue weighted by Gasteiger charge is 2.04. The number of carboxylic acid groups (broad SMARTS) is 1. The van der Waals surface area contributed by atoms with Gasteiger partial charge in [0.1, 0.15) is 0 Å². The quantitative estimate of drug-likeness (QED) is 0.282. The minimum atomic E-state index is -0.667. The van der Waals surface area contributed by atoms with Crippen molar-refractivity contribution in [2.75, 3.05) is 0 Å². The molecule has 0 radical (unpaired) electrons. The number of hydrogen-bond acceptors (Lipinski definition) is 1. The highest BCUT2D eigenvalue weighted by atomic mass is 16.4. The second kappa shape index (κ2) is 15.6. The zero-order valence-corrected chi connectivity index (χ0v) is 14.3. The fraction of sp³-hybridized carbons (Fsp3) is 0.842. The highest BCUT2D eigenvalue weighted by Crippen LogP contribution is 2.15. The Morgan fingerprint density at radius 2 is 1.48 bits per heavy atom. The maximum Gasteiger partial charge on any atom is 0.303 e. The van der Waals surface area contributed by atoms with E-state index in [1.54, 1.807) is 0 Å². The first-order chi connectivity index (χ1) is 10.2. The smallest absolute Gasteiger partial charge is 0.303 e. The van der Waals surface area contributed by atoms with Crippen molar-refractivity contribution < 1.29 is 9.90 Å². The number of allylic oxidation sites excluding steroid dienone is 2. The van der Waals surface area contributed by atoms with Crippen molar-refractivity contribution in [3.8, 4) is 0 Å². The molecule has 2 heteroatoms. The summed E-state index contributed by atoms with van der Waals surface area (Å²) in [6.07, 6.45) is 20.1. The van der Waals surface area contributed by atoms with Crippen LogP contribution in [-0.4, -0.2) is 11.1 Å². The fourth-order valence-corrected chi connectivity index (χ4v) is 2.55. The number of rotatable bonds is 15. The number of carboxylic acids is 1. The largest absolute Gasteiger partial charge is 0.481 e. The molecule has 0 aromatic heterocycles. The molecule has 0 spiro atoms. The Balaban J connectivity index is 3.23. The predicted molar refractivity (Wildman–Crippen MR) is 91.6 cm³/mol. The molecule has 124 valence electrons. The van der Waals surface area contributed by atoms with Crippen LogP contribution in [0.4, 0.5) is 0 Å². The number of hydrogen-bond donors (Lipinski definition) is 1. The number of aliphatic carboxylic acids is 1. The summed E-state index contributed by atoms with van der Waals surface area (Å²) in [5.74, 6) is -0.118. The lowest BCUT2D eigenvalue weighted by molar-refractivity contribution is -0.137. The van der Waals surface area contributed by atoms with Gasteiger partial charge in [0.2, 0.25) is 0 Å². The van der Waals surface area contributed by atoms with Gasteiger partial charge in [0.15, 0.2) is 0 Å². The molecule has 0 aliphatic carbocycles. The van der Waals surface area contributed by atoms with E-state index in [9.17, 15) is 4.79 Å². The van der Waals surface area contributed by atoms with Crippen LogP contribution in [0.3, 0.4) is 0 Å². The summed E-state index contributed by atoms with van der Waals surface area (Å²) in [6, 6.07) is 0. The van der Waals surface area contributed by atoms with Crippen molar-refractivity contribution in [3.05, 3.63) is 12.2 Å². The van der Waals surface area contributed by atoms with Crippen LogP contribution in [0.1, 0.15) is 97.3 Å². The molecular formula is C19H36O2. The Bertz CT molecular complexity index is 258. The van der Waals surface area contributed by atoms with Gasteiger partial charge in [-0.1, -0.05) is 70.9 Å². The van der Waals surface area contributed by atoms with Gasteiger partial charge in [0.25, 0.3) is 0 Å². The molecule has 0 rings (SSSR count). The Kier molecular flexibility index (Phi) is 15.0. The SMILES string of the molecule is CCCCCCCC/C=C/CCCCC(C)CCC(=O)O. The Labute approximate surface area is 132 Å². The molecule has 1 atom stereocenters. The summed E-state index contributed by atoms with van der Waals surface area (Å²) >= 11 is 0. The van der Waals surface area contributed by atoms with Gasteiger partial charge >= 0.3 is 5.97 Å². The summed E-state index contributed by atoms with van der Waals surface area (Å²) < 4.78 is 0. The summed E-state index contributed by atoms with van der Waals surface area (Å²) in [5.41, 5.74) is 0. The fourth-order valence-electron chi connectivity index (χ4n) is 2.55. The molecule has 1 unspecified atom stereocenters. The first kappa shape index (κ1) is 20.2. The first-order valence-electron chi connectivity index (χ1n) is 9.03. The van der Waals surface area contributed by atoms with Crippen molar-refractivity contribution in [1.82, 2.24) is 0 Å². The Morgan fingerprint density at radius 3 is 2.10 bits per heavy atom. The Hall–Kier alpha value is -0.790. The van der Waals surface area contributed by atoms with Gasteiger partial charge in [-0.2, -0.15) is 0 Å². The monoisotopic (exact) mass is 296 g/mol. The second-order valence-corrected chi connectivity index (χ2v) is 6.35. The van der Waals surface area contributed by atoms with Crippen LogP contribution in [-0.2, 0) is 4.79 Å². The molecule has 0 aromatic rings. The minimum Gasteiger partial charge on any atom is -0.481 e. The van der Waals surface area contributed by atoms with Crippen molar-refractivity contribution in [2.45, 2.75) is 97.3 Å². The third kappa shape index (κ3) is 17.2. The first-order valence-corrected chi connectivity index (χ1v) is 9.03. The molecule has 21 heavy (non-hydrogen) atoms. The molecule has 0 amide bonds. The van der Waals surface area contributed by atoms with Gasteiger partial charge < -0.3 is 5.11 Å². The van der Waals surface area contributed by atoms with Crippen molar-refractivity contribution in [3.63, 3.8) is 0 Å². The van der Waals surface area contributed by atoms with Crippen LogP contribution in [0, 0.1) is 5.92 Å². The van der Waals surface area contributed by atoms with Crippen molar-refractivity contribution >= 4 is 5.97 Å². The molecule has 1 N–H and O–H groups in total. The maximum atomic E-state index is 10.5. The normalized spacial score (nSPS) is 12.9. The lowest BCUT2D eigenvalue weighted by Gasteiger charge is -2.08. The van der Waals surface area contributed by atoms with Gasteiger partial charge in [-0.25, -0.2) is 0 Å². The summed E-state index contributed by atoms with van der Waals surface area (Å²) in [7, 11) is 0. The van der Waals surface area contributed by atoms with Crippen molar-refractivity contribution in [1.29, 1.82) is 0 Å². The van der Waals surface area contributed by atoms with E-state index in [2.05, 4.69) is 26.0 Å². The molecule has 0 aliphatic heterocycles. The third-order valence-corrected chi connectivity index (χ3v) is 4.06. The van der Waals surface area contributed by atoms with E-state index in [0.717, 1.165) is 6.42 Å². The number of unbranched alkanes of at least 4 members (excludes halogenated alkanes) is 8. The Morgan fingerprint density at radius 1 is 0.905 bits per heavy atom. The van der Waals surface area contributed by atoms with Gasteiger partial charge in [-0.05, 0) is 38.0 Å². The lowest BCUT2D eigenvalue weighted by Crippen LogP contribution is -2.00. The molecule has 0 aliphatic rings. The zero-order chi connectivity index (χ0) is 15.8. The molecule has 2 nitrogen and oxygen atoms in total. The highest BCUT2D eigenvalue weighted by molar-refractivity contribution is 5.66. The van der Waals surface area contributed by atoms with Gasteiger partial charge in [0.05, 0.1) is 0 Å². The number of carbonyl (C=O) groups is 1. The minimum absolute atomic E-state index is 0.319. The molecule has 0 fully saturated rings. The predicted octanol–water partition coefficient (Wildman–Crippen LogP) is 6.35. The van der Waals surface area contributed by atoms with E-state index in [0.29, 0.717) is 12.3 Å². The average Bonchev–Trinajstić information content (AvgIpc) is 2.46. The van der Waals surface area contributed by atoms with Gasteiger partial charge in [-0.15, -0.1) is 0 Å². The summed E-state index contributed by atoms with van der Waals surface area (Å²) in [6.45, 7) is 4.42. The standard InChI is InChI=1S/C19H36O2/c1-3-4-5-6-7-8-9-10-11-12-13-14-15-18(2)16-17-19(20)21/h10-11,18H,3-9,12-17H2,1-2H3,(H,20,21)/b11-10+. The van der Waals surface area contributed by atoms with Crippen LogP contribution in [0.15, 0.2) is 12.2 Å². The summed E-state index contributed by atoms with van der Waals surface area (Å²) in [5, 5.41) is 8.63. The molecule has 0 aromatic carbocycles.